The topological polar surface area (TPSA) is 63.2 Å². The summed E-state index contributed by atoms with van der Waals surface area (Å²) in [5, 5.41) is 3.96. The fourth-order valence-corrected chi connectivity index (χ4v) is 1.97. The predicted octanol–water partition coefficient (Wildman–Crippen LogP) is 2.40. The van der Waals surface area contributed by atoms with Crippen LogP contribution in [0.5, 0.6) is 11.5 Å². The summed E-state index contributed by atoms with van der Waals surface area (Å²) in [5.41, 5.74) is 3.89. The predicted molar refractivity (Wildman–Crippen MR) is 98.5 cm³/mol. The number of likely N-dealkylation sites (N-methyl/N-ethyl adjacent to an activating group) is 1. The lowest BCUT2D eigenvalue weighted by atomic mass is 10.2. The Bertz CT molecular complexity index is 695. The molecule has 0 aromatic heterocycles. The molecule has 0 heterocycles. The van der Waals surface area contributed by atoms with E-state index < -0.39 is 0 Å². The number of ether oxygens (including phenoxy) is 2. The van der Waals surface area contributed by atoms with Gasteiger partial charge in [0.25, 0.3) is 5.91 Å². The number of carbonyl (C=O) groups excluding carboxylic acids is 1. The van der Waals surface area contributed by atoms with E-state index >= 15 is 0 Å². The lowest BCUT2D eigenvalue weighted by Gasteiger charge is -2.11. The highest BCUT2D eigenvalue weighted by Crippen LogP contribution is 2.12. The summed E-state index contributed by atoms with van der Waals surface area (Å²) in [6.07, 6.45) is 1.58. The second-order valence-electron chi connectivity index (χ2n) is 5.65. The smallest absolute Gasteiger partial charge is 0.271 e. The molecule has 2 aromatic carbocycles. The van der Waals surface area contributed by atoms with Crippen molar-refractivity contribution in [2.45, 2.75) is 0 Å². The first kappa shape index (κ1) is 18.5. The van der Waals surface area contributed by atoms with Gasteiger partial charge in [-0.1, -0.05) is 0 Å². The minimum Gasteiger partial charge on any atom is -0.497 e. The molecule has 0 aliphatic heterocycles. The fourth-order valence-electron chi connectivity index (χ4n) is 1.97. The van der Waals surface area contributed by atoms with Crippen molar-refractivity contribution in [1.29, 1.82) is 0 Å². The van der Waals surface area contributed by atoms with Crippen LogP contribution in [0.4, 0.5) is 0 Å². The fraction of sp³-hybridized carbons (Fsp3) is 0.263. The van der Waals surface area contributed by atoms with Crippen molar-refractivity contribution in [1.82, 2.24) is 10.3 Å². The Morgan fingerprint density at radius 2 is 1.72 bits per heavy atom. The van der Waals surface area contributed by atoms with Crippen LogP contribution in [0.3, 0.4) is 0 Å². The van der Waals surface area contributed by atoms with Crippen molar-refractivity contribution < 1.29 is 14.3 Å². The van der Waals surface area contributed by atoms with E-state index in [1.807, 2.05) is 43.3 Å². The van der Waals surface area contributed by atoms with Crippen LogP contribution in [-0.4, -0.2) is 51.4 Å². The van der Waals surface area contributed by atoms with E-state index in [-0.39, 0.29) is 5.91 Å². The van der Waals surface area contributed by atoms with Gasteiger partial charge in [-0.15, -0.1) is 0 Å². The standard InChI is InChI=1S/C19H23N3O3/c1-22(2)12-13-25-18-10-6-16(7-11-18)19(23)21-20-14-15-4-8-17(24-3)9-5-15/h4-11,14H,12-13H2,1-3H3,(H,21,23)/b20-14+. The van der Waals surface area contributed by atoms with Gasteiger partial charge in [-0.25, -0.2) is 5.43 Å². The minimum atomic E-state index is -0.274. The molecule has 2 aromatic rings. The van der Waals surface area contributed by atoms with Gasteiger partial charge < -0.3 is 14.4 Å². The number of amides is 1. The zero-order valence-corrected chi connectivity index (χ0v) is 14.7. The molecule has 0 saturated carbocycles. The van der Waals surface area contributed by atoms with Crippen LogP contribution < -0.4 is 14.9 Å². The van der Waals surface area contributed by atoms with Crippen LogP contribution in [0, 0.1) is 0 Å². The van der Waals surface area contributed by atoms with Crippen molar-refractivity contribution in [3.63, 3.8) is 0 Å². The summed E-state index contributed by atoms with van der Waals surface area (Å²) in [5.74, 6) is 1.24. The second kappa shape index (κ2) is 9.44. The molecule has 0 unspecified atom stereocenters. The molecular weight excluding hydrogens is 318 g/mol. The van der Waals surface area contributed by atoms with Gasteiger partial charge >= 0.3 is 0 Å². The van der Waals surface area contributed by atoms with E-state index in [1.165, 1.54) is 0 Å². The van der Waals surface area contributed by atoms with Crippen LogP contribution in [0.15, 0.2) is 53.6 Å². The molecule has 0 aliphatic rings. The average molecular weight is 341 g/mol. The Hall–Kier alpha value is -2.86. The highest BCUT2D eigenvalue weighted by atomic mass is 16.5. The third-order valence-corrected chi connectivity index (χ3v) is 3.42. The zero-order valence-electron chi connectivity index (χ0n) is 14.7. The maximum atomic E-state index is 12.1. The van der Waals surface area contributed by atoms with E-state index in [9.17, 15) is 4.79 Å². The summed E-state index contributed by atoms with van der Waals surface area (Å²) in [4.78, 5) is 14.1. The van der Waals surface area contributed by atoms with E-state index in [0.29, 0.717) is 12.2 Å². The number of hydrazone groups is 1. The maximum Gasteiger partial charge on any atom is 0.271 e. The number of hydrogen-bond donors (Lipinski definition) is 1. The summed E-state index contributed by atoms with van der Waals surface area (Å²) in [6, 6.07) is 14.3. The SMILES string of the molecule is COc1ccc(/C=N/NC(=O)c2ccc(OCCN(C)C)cc2)cc1. The van der Waals surface area contributed by atoms with Crippen LogP contribution >= 0.6 is 0 Å². The third-order valence-electron chi connectivity index (χ3n) is 3.42. The first-order valence-corrected chi connectivity index (χ1v) is 7.93. The van der Waals surface area contributed by atoms with Gasteiger partial charge in [0.2, 0.25) is 0 Å². The number of carbonyl (C=O) groups is 1. The van der Waals surface area contributed by atoms with Gasteiger partial charge in [0.1, 0.15) is 18.1 Å². The Kier molecular flexibility index (Phi) is 6.98. The monoisotopic (exact) mass is 341 g/mol. The van der Waals surface area contributed by atoms with Crippen LogP contribution in [-0.2, 0) is 0 Å². The Morgan fingerprint density at radius 1 is 1.08 bits per heavy atom. The average Bonchev–Trinajstić information content (AvgIpc) is 2.62. The molecule has 0 fully saturated rings. The molecule has 132 valence electrons. The van der Waals surface area contributed by atoms with Gasteiger partial charge in [0, 0.05) is 12.1 Å². The quantitative estimate of drug-likeness (QED) is 0.592. The van der Waals surface area contributed by atoms with Crippen LogP contribution in [0.1, 0.15) is 15.9 Å². The Morgan fingerprint density at radius 3 is 2.32 bits per heavy atom. The number of rotatable bonds is 8. The second-order valence-corrected chi connectivity index (χ2v) is 5.65. The molecule has 0 bridgehead atoms. The third kappa shape index (κ3) is 6.27. The van der Waals surface area contributed by atoms with Crippen molar-refractivity contribution in [2.75, 3.05) is 34.4 Å². The first-order chi connectivity index (χ1) is 12.1. The van der Waals surface area contributed by atoms with Crippen molar-refractivity contribution in [3.8, 4) is 11.5 Å². The molecular formula is C19H23N3O3. The van der Waals surface area contributed by atoms with Gasteiger partial charge in [0.05, 0.1) is 13.3 Å². The maximum absolute atomic E-state index is 12.1. The highest BCUT2D eigenvalue weighted by Gasteiger charge is 2.04. The molecule has 0 spiro atoms. The van der Waals surface area contributed by atoms with E-state index in [4.69, 9.17) is 9.47 Å². The summed E-state index contributed by atoms with van der Waals surface area (Å²) < 4.78 is 10.7. The van der Waals surface area contributed by atoms with Crippen LogP contribution in [0.2, 0.25) is 0 Å². The van der Waals surface area contributed by atoms with Gasteiger partial charge in [0.15, 0.2) is 0 Å². The summed E-state index contributed by atoms with van der Waals surface area (Å²) in [6.45, 7) is 1.44. The number of benzene rings is 2. The molecule has 0 aliphatic carbocycles. The summed E-state index contributed by atoms with van der Waals surface area (Å²) in [7, 11) is 5.59. The number of methoxy groups -OCH3 is 1. The molecule has 25 heavy (non-hydrogen) atoms. The van der Waals surface area contributed by atoms with Gasteiger partial charge in [-0.05, 0) is 68.2 Å². The van der Waals surface area contributed by atoms with E-state index in [0.717, 1.165) is 23.6 Å². The highest BCUT2D eigenvalue weighted by molar-refractivity contribution is 5.95. The molecule has 0 radical (unpaired) electrons. The van der Waals surface area contributed by atoms with E-state index in [1.54, 1.807) is 37.6 Å². The van der Waals surface area contributed by atoms with Crippen molar-refractivity contribution in [3.05, 3.63) is 59.7 Å². The largest absolute Gasteiger partial charge is 0.497 e. The number of nitrogens with zero attached hydrogens (tertiary/aromatic N) is 2. The molecule has 0 saturated heterocycles. The first-order valence-electron chi connectivity index (χ1n) is 7.93. The number of hydrogen-bond acceptors (Lipinski definition) is 5. The lowest BCUT2D eigenvalue weighted by molar-refractivity contribution is 0.0955. The Labute approximate surface area is 148 Å². The van der Waals surface area contributed by atoms with Crippen molar-refractivity contribution in [2.24, 2.45) is 5.10 Å². The van der Waals surface area contributed by atoms with Gasteiger partial charge in [-0.3, -0.25) is 4.79 Å². The van der Waals surface area contributed by atoms with Gasteiger partial charge in [-0.2, -0.15) is 5.10 Å². The van der Waals surface area contributed by atoms with Crippen molar-refractivity contribution >= 4 is 12.1 Å². The molecule has 2 rings (SSSR count). The summed E-state index contributed by atoms with van der Waals surface area (Å²) >= 11 is 0. The molecule has 1 N–H and O–H groups in total. The molecule has 0 atom stereocenters. The minimum absolute atomic E-state index is 0.274. The van der Waals surface area contributed by atoms with E-state index in [2.05, 4.69) is 10.5 Å². The molecule has 1 amide bonds. The molecule has 6 nitrogen and oxygen atoms in total. The molecule has 6 heteroatoms. The van der Waals surface area contributed by atoms with Crippen LogP contribution in [0.25, 0.3) is 0 Å². The normalized spacial score (nSPS) is 10.9. The number of nitrogens with one attached hydrogen (secondary N) is 1. The zero-order chi connectivity index (χ0) is 18.1. The Balaban J connectivity index is 1.84. The lowest BCUT2D eigenvalue weighted by Crippen LogP contribution is -2.19.